The van der Waals surface area contributed by atoms with Crippen molar-refractivity contribution in [3.8, 4) is 0 Å². The maximum absolute atomic E-state index is 6.31. The SMILES string of the molecule is CCC(N)C(c1cccnc1)N(C)CC1CCCO1. The highest BCUT2D eigenvalue weighted by molar-refractivity contribution is 5.16. The summed E-state index contributed by atoms with van der Waals surface area (Å²) >= 11 is 0. The van der Waals surface area contributed by atoms with E-state index in [2.05, 4.69) is 29.9 Å². The zero-order valence-corrected chi connectivity index (χ0v) is 12.0. The van der Waals surface area contributed by atoms with E-state index in [0.717, 1.165) is 26.0 Å². The van der Waals surface area contributed by atoms with Crippen molar-refractivity contribution in [2.24, 2.45) is 5.73 Å². The first-order valence-corrected chi connectivity index (χ1v) is 7.19. The van der Waals surface area contributed by atoms with Gasteiger partial charge >= 0.3 is 0 Å². The Hall–Kier alpha value is -0.970. The van der Waals surface area contributed by atoms with Crippen molar-refractivity contribution in [3.05, 3.63) is 30.1 Å². The van der Waals surface area contributed by atoms with E-state index < -0.39 is 0 Å². The van der Waals surface area contributed by atoms with Gasteiger partial charge in [-0.1, -0.05) is 13.0 Å². The van der Waals surface area contributed by atoms with Gasteiger partial charge in [-0.15, -0.1) is 0 Å². The van der Waals surface area contributed by atoms with E-state index in [1.807, 2.05) is 12.3 Å². The minimum absolute atomic E-state index is 0.121. The first-order chi connectivity index (χ1) is 9.22. The van der Waals surface area contributed by atoms with Crippen LogP contribution in [0.5, 0.6) is 0 Å². The predicted octanol–water partition coefficient (Wildman–Crippen LogP) is 1.97. The van der Waals surface area contributed by atoms with E-state index in [-0.39, 0.29) is 12.1 Å². The van der Waals surface area contributed by atoms with Gasteiger partial charge in [0.1, 0.15) is 0 Å². The van der Waals surface area contributed by atoms with E-state index in [9.17, 15) is 0 Å². The number of hydrogen-bond donors (Lipinski definition) is 1. The lowest BCUT2D eigenvalue weighted by Crippen LogP contribution is -2.42. The molecule has 2 heterocycles. The van der Waals surface area contributed by atoms with Crippen LogP contribution in [-0.4, -0.2) is 42.2 Å². The van der Waals surface area contributed by atoms with Gasteiger partial charge in [-0.05, 0) is 37.9 Å². The first kappa shape index (κ1) is 14.4. The summed E-state index contributed by atoms with van der Waals surface area (Å²) in [5.41, 5.74) is 7.51. The van der Waals surface area contributed by atoms with Crippen LogP contribution in [0.2, 0.25) is 0 Å². The molecule has 1 saturated heterocycles. The van der Waals surface area contributed by atoms with Gasteiger partial charge < -0.3 is 10.5 Å². The van der Waals surface area contributed by atoms with E-state index in [4.69, 9.17) is 10.5 Å². The lowest BCUT2D eigenvalue weighted by atomic mass is 9.97. The van der Waals surface area contributed by atoms with E-state index in [1.54, 1.807) is 6.20 Å². The van der Waals surface area contributed by atoms with Gasteiger partial charge in [0.15, 0.2) is 0 Å². The monoisotopic (exact) mass is 263 g/mol. The van der Waals surface area contributed by atoms with Gasteiger partial charge in [0.05, 0.1) is 12.1 Å². The van der Waals surface area contributed by atoms with Gasteiger partial charge in [0.25, 0.3) is 0 Å². The molecule has 0 spiro atoms. The van der Waals surface area contributed by atoms with Crippen LogP contribution in [0.15, 0.2) is 24.5 Å². The van der Waals surface area contributed by atoms with Gasteiger partial charge in [-0.2, -0.15) is 0 Å². The molecule has 1 aromatic heterocycles. The Balaban J connectivity index is 2.08. The summed E-state index contributed by atoms with van der Waals surface area (Å²) in [7, 11) is 2.13. The summed E-state index contributed by atoms with van der Waals surface area (Å²) in [5.74, 6) is 0. The van der Waals surface area contributed by atoms with Crippen LogP contribution in [0.4, 0.5) is 0 Å². The maximum Gasteiger partial charge on any atom is 0.0702 e. The number of pyridine rings is 1. The van der Waals surface area contributed by atoms with Crippen LogP contribution in [0.1, 0.15) is 37.8 Å². The lowest BCUT2D eigenvalue weighted by molar-refractivity contribution is 0.0628. The quantitative estimate of drug-likeness (QED) is 0.852. The molecule has 0 bridgehead atoms. The lowest BCUT2D eigenvalue weighted by Gasteiger charge is -2.33. The van der Waals surface area contributed by atoms with Crippen molar-refractivity contribution in [1.82, 2.24) is 9.88 Å². The zero-order valence-electron chi connectivity index (χ0n) is 12.0. The molecule has 0 aliphatic carbocycles. The number of aromatic nitrogens is 1. The molecule has 3 unspecified atom stereocenters. The molecule has 4 heteroatoms. The highest BCUT2D eigenvalue weighted by Crippen LogP contribution is 2.25. The number of nitrogens with two attached hydrogens (primary N) is 1. The van der Waals surface area contributed by atoms with Crippen LogP contribution in [0, 0.1) is 0 Å². The Morgan fingerprint density at radius 2 is 2.42 bits per heavy atom. The summed E-state index contributed by atoms with van der Waals surface area (Å²) in [4.78, 5) is 6.54. The molecule has 0 radical (unpaired) electrons. The molecule has 0 aromatic carbocycles. The van der Waals surface area contributed by atoms with Crippen molar-refractivity contribution < 1.29 is 4.74 Å². The third-order valence-electron chi connectivity index (χ3n) is 3.89. The fourth-order valence-corrected chi connectivity index (χ4v) is 2.83. The number of nitrogens with zero attached hydrogens (tertiary/aromatic N) is 2. The molecule has 4 nitrogen and oxygen atoms in total. The van der Waals surface area contributed by atoms with Gasteiger partial charge in [0.2, 0.25) is 0 Å². The van der Waals surface area contributed by atoms with Crippen molar-refractivity contribution in [3.63, 3.8) is 0 Å². The molecule has 0 saturated carbocycles. The van der Waals surface area contributed by atoms with Gasteiger partial charge in [-0.3, -0.25) is 9.88 Å². The minimum Gasteiger partial charge on any atom is -0.377 e. The summed E-state index contributed by atoms with van der Waals surface area (Å²) < 4.78 is 5.72. The van der Waals surface area contributed by atoms with Crippen molar-refractivity contribution in [2.75, 3.05) is 20.2 Å². The number of rotatable bonds is 6. The smallest absolute Gasteiger partial charge is 0.0702 e. The molecule has 1 fully saturated rings. The molecule has 19 heavy (non-hydrogen) atoms. The molecule has 3 atom stereocenters. The Morgan fingerprint density at radius 3 is 3.00 bits per heavy atom. The molecule has 2 rings (SSSR count). The van der Waals surface area contributed by atoms with Crippen LogP contribution in [0.25, 0.3) is 0 Å². The number of hydrogen-bond acceptors (Lipinski definition) is 4. The Labute approximate surface area is 116 Å². The topological polar surface area (TPSA) is 51.4 Å². The first-order valence-electron chi connectivity index (χ1n) is 7.19. The normalized spacial score (nSPS) is 22.6. The Kier molecular flexibility index (Phi) is 5.31. The van der Waals surface area contributed by atoms with Crippen molar-refractivity contribution in [2.45, 2.75) is 44.4 Å². The standard InChI is InChI=1S/C15H25N3O/c1-3-14(16)15(12-6-4-8-17-10-12)18(2)11-13-7-5-9-19-13/h4,6,8,10,13-15H,3,5,7,9,11,16H2,1-2H3. The second-order valence-electron chi connectivity index (χ2n) is 5.38. The fraction of sp³-hybridized carbons (Fsp3) is 0.667. The molecular formula is C15H25N3O. The third-order valence-corrected chi connectivity index (χ3v) is 3.89. The van der Waals surface area contributed by atoms with Crippen molar-refractivity contribution in [1.29, 1.82) is 0 Å². The summed E-state index contributed by atoms with van der Waals surface area (Å²) in [6.07, 6.45) is 7.37. The number of likely N-dealkylation sites (N-methyl/N-ethyl adjacent to an activating group) is 1. The highest BCUT2D eigenvalue weighted by Gasteiger charge is 2.26. The minimum atomic E-state index is 0.121. The molecule has 1 aromatic rings. The summed E-state index contributed by atoms with van der Waals surface area (Å²) in [6.45, 7) is 3.97. The van der Waals surface area contributed by atoms with Crippen LogP contribution in [-0.2, 0) is 4.74 Å². The average Bonchev–Trinajstić information content (AvgIpc) is 2.93. The Bertz CT molecular complexity index is 365. The van der Waals surface area contributed by atoms with Crippen LogP contribution < -0.4 is 5.73 Å². The second kappa shape index (κ2) is 6.98. The fourth-order valence-electron chi connectivity index (χ4n) is 2.83. The molecular weight excluding hydrogens is 238 g/mol. The molecule has 0 amide bonds. The van der Waals surface area contributed by atoms with E-state index in [0.29, 0.717) is 6.10 Å². The number of ether oxygens (including phenoxy) is 1. The van der Waals surface area contributed by atoms with Crippen LogP contribution in [0.3, 0.4) is 0 Å². The maximum atomic E-state index is 6.31. The Morgan fingerprint density at radius 1 is 1.58 bits per heavy atom. The zero-order chi connectivity index (χ0) is 13.7. The van der Waals surface area contributed by atoms with E-state index >= 15 is 0 Å². The largest absolute Gasteiger partial charge is 0.377 e. The van der Waals surface area contributed by atoms with Crippen molar-refractivity contribution >= 4 is 0 Å². The molecule has 1 aliphatic rings. The highest BCUT2D eigenvalue weighted by atomic mass is 16.5. The summed E-state index contributed by atoms with van der Waals surface area (Å²) in [5, 5.41) is 0. The van der Waals surface area contributed by atoms with Crippen LogP contribution >= 0.6 is 0 Å². The average molecular weight is 263 g/mol. The molecule has 106 valence electrons. The van der Waals surface area contributed by atoms with E-state index in [1.165, 1.54) is 12.0 Å². The molecule has 1 aliphatic heterocycles. The molecule has 2 N–H and O–H groups in total. The second-order valence-corrected chi connectivity index (χ2v) is 5.38. The van der Waals surface area contributed by atoms with Gasteiger partial charge in [0, 0.05) is 31.6 Å². The third kappa shape index (κ3) is 3.75. The summed E-state index contributed by atoms with van der Waals surface area (Å²) in [6, 6.07) is 4.42. The predicted molar refractivity (Wildman–Crippen MR) is 76.8 cm³/mol. The van der Waals surface area contributed by atoms with Gasteiger partial charge in [-0.25, -0.2) is 0 Å².